The Morgan fingerprint density at radius 1 is 1.06 bits per heavy atom. The molecule has 0 amide bonds. The molecule has 0 radical (unpaired) electrons. The molecule has 16 heavy (non-hydrogen) atoms. The van der Waals surface area contributed by atoms with Crippen LogP contribution >= 0.6 is 0 Å². The molecule has 1 heteroatoms. The summed E-state index contributed by atoms with van der Waals surface area (Å²) in [5.74, 6) is 0. The second kappa shape index (κ2) is 5.47. The molecule has 2 aromatic rings. The summed E-state index contributed by atoms with van der Waals surface area (Å²) in [6, 6.07) is 15.0. The molecule has 0 saturated carbocycles. The quantitative estimate of drug-likeness (QED) is 0.764. The van der Waals surface area contributed by atoms with E-state index >= 15 is 0 Å². The molecule has 0 aliphatic carbocycles. The molecule has 0 aliphatic heterocycles. The maximum Gasteiger partial charge on any atom is 0.0138 e. The van der Waals surface area contributed by atoms with Gasteiger partial charge in [0.1, 0.15) is 0 Å². The van der Waals surface area contributed by atoms with Crippen LogP contribution in [-0.2, 0) is 0 Å². The van der Waals surface area contributed by atoms with E-state index in [1.807, 2.05) is 0 Å². The van der Waals surface area contributed by atoms with Gasteiger partial charge in [-0.25, -0.2) is 0 Å². The van der Waals surface area contributed by atoms with Gasteiger partial charge in [0.15, 0.2) is 0 Å². The smallest absolute Gasteiger partial charge is 0.0138 e. The molecule has 0 spiro atoms. The minimum Gasteiger partial charge on any atom is -0.314 e. The van der Waals surface area contributed by atoms with E-state index in [4.69, 9.17) is 0 Å². The molecule has 0 fully saturated rings. The normalized spacial score (nSPS) is 11.3. The molecule has 1 nitrogen and oxygen atoms in total. The maximum atomic E-state index is 3.27. The van der Waals surface area contributed by atoms with Gasteiger partial charge in [-0.05, 0) is 28.9 Å². The van der Waals surface area contributed by atoms with Crippen molar-refractivity contribution in [3.63, 3.8) is 0 Å². The summed E-state index contributed by atoms with van der Waals surface area (Å²) in [5, 5.41) is 5.87. The van der Waals surface area contributed by atoms with Crippen LogP contribution in [0.25, 0.3) is 16.8 Å². The third kappa shape index (κ3) is 2.71. The van der Waals surface area contributed by atoms with E-state index in [1.165, 1.54) is 16.3 Å². The average Bonchev–Trinajstić information content (AvgIpc) is 2.34. The lowest BCUT2D eigenvalue weighted by Gasteiger charge is -1.99. The molecular weight excluding hydrogens is 194 g/mol. The van der Waals surface area contributed by atoms with Gasteiger partial charge in [-0.3, -0.25) is 0 Å². The average molecular weight is 211 g/mol. The van der Waals surface area contributed by atoms with Crippen molar-refractivity contribution in [2.45, 2.75) is 6.92 Å². The summed E-state index contributed by atoms with van der Waals surface area (Å²) in [4.78, 5) is 0. The summed E-state index contributed by atoms with van der Waals surface area (Å²) in [6.07, 6.45) is 4.32. The van der Waals surface area contributed by atoms with Gasteiger partial charge >= 0.3 is 0 Å². The summed E-state index contributed by atoms with van der Waals surface area (Å²) in [7, 11) is 0. The van der Waals surface area contributed by atoms with Gasteiger partial charge in [-0.2, -0.15) is 0 Å². The Kier molecular flexibility index (Phi) is 3.73. The van der Waals surface area contributed by atoms with Crippen LogP contribution in [0.1, 0.15) is 12.5 Å². The topological polar surface area (TPSA) is 12.0 Å². The molecule has 0 unspecified atom stereocenters. The molecule has 0 heterocycles. The Hall–Kier alpha value is -1.60. The van der Waals surface area contributed by atoms with Crippen molar-refractivity contribution >= 4 is 16.8 Å². The maximum absolute atomic E-state index is 3.27. The van der Waals surface area contributed by atoms with Crippen molar-refractivity contribution in [3.05, 3.63) is 54.1 Å². The molecule has 0 atom stereocenters. The summed E-state index contributed by atoms with van der Waals surface area (Å²) >= 11 is 0. The molecule has 0 saturated heterocycles. The fourth-order valence-electron chi connectivity index (χ4n) is 1.73. The van der Waals surface area contributed by atoms with Crippen LogP contribution in [0.3, 0.4) is 0 Å². The number of hydrogen-bond acceptors (Lipinski definition) is 1. The second-order valence-electron chi connectivity index (χ2n) is 3.82. The van der Waals surface area contributed by atoms with Crippen molar-refractivity contribution < 1.29 is 0 Å². The van der Waals surface area contributed by atoms with Crippen molar-refractivity contribution in [2.24, 2.45) is 0 Å². The van der Waals surface area contributed by atoms with Crippen molar-refractivity contribution in [2.75, 3.05) is 13.1 Å². The van der Waals surface area contributed by atoms with Gasteiger partial charge in [0.2, 0.25) is 0 Å². The molecule has 0 bridgehead atoms. The van der Waals surface area contributed by atoms with Gasteiger partial charge in [0.25, 0.3) is 0 Å². The van der Waals surface area contributed by atoms with E-state index in [0.717, 1.165) is 13.1 Å². The van der Waals surface area contributed by atoms with Gasteiger partial charge in [-0.1, -0.05) is 55.5 Å². The van der Waals surface area contributed by atoms with Crippen LogP contribution in [0, 0.1) is 0 Å². The van der Waals surface area contributed by atoms with E-state index in [2.05, 4.69) is 66.9 Å². The van der Waals surface area contributed by atoms with Crippen LogP contribution in [0.5, 0.6) is 0 Å². The highest BCUT2D eigenvalue weighted by Gasteiger charge is 1.92. The van der Waals surface area contributed by atoms with E-state index in [9.17, 15) is 0 Å². The van der Waals surface area contributed by atoms with Gasteiger partial charge < -0.3 is 5.32 Å². The monoisotopic (exact) mass is 211 g/mol. The number of benzene rings is 2. The first-order chi connectivity index (χ1) is 7.90. The summed E-state index contributed by atoms with van der Waals surface area (Å²) < 4.78 is 0. The van der Waals surface area contributed by atoms with Gasteiger partial charge in [-0.15, -0.1) is 0 Å². The first kappa shape index (κ1) is 10.9. The number of nitrogens with one attached hydrogen (secondary N) is 1. The molecule has 2 aromatic carbocycles. The lowest BCUT2D eigenvalue weighted by atomic mass is 10.1. The van der Waals surface area contributed by atoms with Crippen LogP contribution < -0.4 is 5.32 Å². The van der Waals surface area contributed by atoms with Gasteiger partial charge in [0.05, 0.1) is 0 Å². The molecular formula is C15H17N. The van der Waals surface area contributed by atoms with Crippen LogP contribution in [0.4, 0.5) is 0 Å². The Morgan fingerprint density at radius 2 is 1.88 bits per heavy atom. The highest BCUT2D eigenvalue weighted by Crippen LogP contribution is 2.16. The largest absolute Gasteiger partial charge is 0.314 e. The fraction of sp³-hybridized carbons (Fsp3) is 0.200. The number of fused-ring (bicyclic) bond motifs is 1. The number of rotatable bonds is 4. The molecule has 0 aromatic heterocycles. The third-order valence-corrected chi connectivity index (χ3v) is 2.60. The zero-order chi connectivity index (χ0) is 11.2. The molecule has 0 aliphatic rings. The van der Waals surface area contributed by atoms with Crippen LogP contribution in [-0.4, -0.2) is 13.1 Å². The van der Waals surface area contributed by atoms with Crippen LogP contribution in [0.15, 0.2) is 48.5 Å². The fourth-order valence-corrected chi connectivity index (χ4v) is 1.73. The lowest BCUT2D eigenvalue weighted by molar-refractivity contribution is 0.801. The Bertz CT molecular complexity index is 486. The van der Waals surface area contributed by atoms with E-state index in [1.54, 1.807) is 0 Å². The van der Waals surface area contributed by atoms with E-state index in [-0.39, 0.29) is 0 Å². The second-order valence-corrected chi connectivity index (χ2v) is 3.82. The predicted octanol–water partition coefficient (Wildman–Crippen LogP) is 3.46. The zero-order valence-electron chi connectivity index (χ0n) is 9.61. The predicted molar refractivity (Wildman–Crippen MR) is 71.5 cm³/mol. The zero-order valence-corrected chi connectivity index (χ0v) is 9.61. The minimum atomic E-state index is 0.934. The van der Waals surface area contributed by atoms with E-state index in [0.29, 0.717) is 0 Å². The Balaban J connectivity index is 2.16. The lowest BCUT2D eigenvalue weighted by Crippen LogP contribution is -2.11. The standard InChI is InChI=1S/C15H17N/c1-2-16-11-5-6-13-9-10-14-7-3-4-8-15(14)12-13/h3-10,12,16H,2,11H2,1H3. The van der Waals surface area contributed by atoms with Crippen molar-refractivity contribution in [1.82, 2.24) is 5.32 Å². The molecule has 82 valence electrons. The van der Waals surface area contributed by atoms with Crippen LogP contribution in [0.2, 0.25) is 0 Å². The molecule has 2 rings (SSSR count). The number of likely N-dealkylation sites (N-methyl/N-ethyl adjacent to an activating group) is 1. The minimum absolute atomic E-state index is 0.934. The number of hydrogen-bond donors (Lipinski definition) is 1. The van der Waals surface area contributed by atoms with E-state index < -0.39 is 0 Å². The van der Waals surface area contributed by atoms with Gasteiger partial charge in [0, 0.05) is 6.54 Å². The first-order valence-corrected chi connectivity index (χ1v) is 5.76. The molecule has 1 N–H and O–H groups in total. The highest BCUT2D eigenvalue weighted by molar-refractivity contribution is 5.84. The summed E-state index contributed by atoms with van der Waals surface area (Å²) in [6.45, 7) is 4.06. The summed E-state index contributed by atoms with van der Waals surface area (Å²) in [5.41, 5.74) is 1.26. The third-order valence-electron chi connectivity index (χ3n) is 2.60. The highest BCUT2D eigenvalue weighted by atomic mass is 14.8. The Morgan fingerprint density at radius 3 is 2.69 bits per heavy atom. The van der Waals surface area contributed by atoms with Crippen molar-refractivity contribution in [3.8, 4) is 0 Å². The Labute approximate surface area is 96.8 Å². The first-order valence-electron chi connectivity index (χ1n) is 5.76. The van der Waals surface area contributed by atoms with Crippen molar-refractivity contribution in [1.29, 1.82) is 0 Å². The SMILES string of the molecule is CCNCC=Cc1ccc2ccccc2c1.